The summed E-state index contributed by atoms with van der Waals surface area (Å²) in [7, 11) is 0. The summed E-state index contributed by atoms with van der Waals surface area (Å²) in [6.45, 7) is 8.43. The van der Waals surface area contributed by atoms with E-state index in [0.29, 0.717) is 0 Å². The van der Waals surface area contributed by atoms with Gasteiger partial charge in [-0.25, -0.2) is 0 Å². The first-order valence-corrected chi connectivity index (χ1v) is 6.58. The van der Waals surface area contributed by atoms with E-state index in [9.17, 15) is 0 Å². The molecule has 0 unspecified atom stereocenters. The molecule has 0 aliphatic heterocycles. The fraction of sp³-hybridized carbons (Fsp3) is 0.500. The third kappa shape index (κ3) is 5.28. The fourth-order valence-electron chi connectivity index (χ4n) is 1.78. The van der Waals surface area contributed by atoms with Crippen LogP contribution in [0.25, 0.3) is 0 Å². The maximum absolute atomic E-state index is 8.60. The second-order valence-electron chi connectivity index (χ2n) is 4.25. The van der Waals surface area contributed by atoms with Gasteiger partial charge in [0, 0.05) is 25.3 Å². The molecular weight excluding hydrogens is 242 g/mol. The van der Waals surface area contributed by atoms with Gasteiger partial charge in [-0.1, -0.05) is 36.3 Å². The highest BCUT2D eigenvalue weighted by Crippen LogP contribution is 2.07. The Balaban J connectivity index is 2.55. The van der Waals surface area contributed by atoms with Gasteiger partial charge in [-0.3, -0.25) is 4.90 Å². The van der Waals surface area contributed by atoms with Gasteiger partial charge in [-0.2, -0.15) is 0 Å². The molecule has 0 fully saturated rings. The Morgan fingerprint density at radius 2 is 2.00 bits per heavy atom. The molecule has 1 aromatic rings. The zero-order valence-corrected chi connectivity index (χ0v) is 11.7. The fourth-order valence-corrected chi connectivity index (χ4v) is 1.78. The SMILES string of the molecule is CCOCCN(CC)Cc1ccc(C(N)=NO)cc1. The van der Waals surface area contributed by atoms with Gasteiger partial charge in [0.1, 0.15) is 0 Å². The molecule has 0 aliphatic carbocycles. The van der Waals surface area contributed by atoms with Gasteiger partial charge in [-0.05, 0) is 19.0 Å². The van der Waals surface area contributed by atoms with Gasteiger partial charge in [-0.15, -0.1) is 0 Å². The summed E-state index contributed by atoms with van der Waals surface area (Å²) in [4.78, 5) is 2.31. The summed E-state index contributed by atoms with van der Waals surface area (Å²) >= 11 is 0. The normalized spacial score (nSPS) is 12.1. The molecule has 0 aromatic heterocycles. The summed E-state index contributed by atoms with van der Waals surface area (Å²) < 4.78 is 5.37. The minimum Gasteiger partial charge on any atom is -0.409 e. The number of rotatable bonds is 8. The van der Waals surface area contributed by atoms with Crippen molar-refractivity contribution in [2.45, 2.75) is 20.4 Å². The van der Waals surface area contributed by atoms with Crippen LogP contribution in [0.2, 0.25) is 0 Å². The van der Waals surface area contributed by atoms with E-state index in [-0.39, 0.29) is 5.84 Å². The third-order valence-corrected chi connectivity index (χ3v) is 2.97. The second kappa shape index (κ2) is 8.50. The van der Waals surface area contributed by atoms with Gasteiger partial charge in [0.25, 0.3) is 0 Å². The van der Waals surface area contributed by atoms with Crippen LogP contribution in [0.4, 0.5) is 0 Å². The lowest BCUT2D eigenvalue weighted by molar-refractivity contribution is 0.113. The number of likely N-dealkylation sites (N-methyl/N-ethyl adjacent to an activating group) is 1. The first-order chi connectivity index (χ1) is 9.21. The highest BCUT2D eigenvalue weighted by Gasteiger charge is 2.04. The van der Waals surface area contributed by atoms with Gasteiger partial charge in [0.2, 0.25) is 0 Å². The lowest BCUT2D eigenvalue weighted by Gasteiger charge is -2.20. The predicted octanol–water partition coefficient (Wildman–Crippen LogP) is 1.64. The molecule has 0 radical (unpaired) electrons. The molecule has 0 bridgehead atoms. The molecule has 0 saturated carbocycles. The van der Waals surface area contributed by atoms with Crippen molar-refractivity contribution in [2.75, 3.05) is 26.3 Å². The highest BCUT2D eigenvalue weighted by molar-refractivity contribution is 5.96. The van der Waals surface area contributed by atoms with Crippen LogP contribution in [-0.4, -0.2) is 42.2 Å². The molecule has 1 aromatic carbocycles. The van der Waals surface area contributed by atoms with Crippen LogP contribution in [0.5, 0.6) is 0 Å². The number of nitrogens with zero attached hydrogens (tertiary/aromatic N) is 2. The highest BCUT2D eigenvalue weighted by atomic mass is 16.5. The average Bonchev–Trinajstić information content (AvgIpc) is 2.46. The van der Waals surface area contributed by atoms with Crippen molar-refractivity contribution >= 4 is 5.84 Å². The summed E-state index contributed by atoms with van der Waals surface area (Å²) in [5.74, 6) is 0.134. The molecule has 3 N–H and O–H groups in total. The van der Waals surface area contributed by atoms with Gasteiger partial charge < -0.3 is 15.7 Å². The number of oxime groups is 1. The van der Waals surface area contributed by atoms with E-state index in [0.717, 1.165) is 38.4 Å². The molecule has 5 heteroatoms. The Hall–Kier alpha value is -1.59. The largest absolute Gasteiger partial charge is 0.409 e. The van der Waals surface area contributed by atoms with Gasteiger partial charge >= 0.3 is 0 Å². The van der Waals surface area contributed by atoms with Crippen LogP contribution >= 0.6 is 0 Å². The lowest BCUT2D eigenvalue weighted by atomic mass is 10.1. The summed E-state index contributed by atoms with van der Waals surface area (Å²) in [5.41, 5.74) is 7.45. The third-order valence-electron chi connectivity index (χ3n) is 2.97. The molecule has 19 heavy (non-hydrogen) atoms. The van der Waals surface area contributed by atoms with Crippen LogP contribution in [0.1, 0.15) is 25.0 Å². The van der Waals surface area contributed by atoms with Crippen LogP contribution < -0.4 is 5.73 Å². The molecule has 0 heterocycles. The molecule has 106 valence electrons. The molecule has 0 saturated heterocycles. The minimum atomic E-state index is 0.134. The quantitative estimate of drug-likeness (QED) is 0.246. The second-order valence-corrected chi connectivity index (χ2v) is 4.25. The standard InChI is InChI=1S/C14H23N3O2/c1-3-17(9-10-19-4-2)11-12-5-7-13(8-6-12)14(15)16-18/h5-8,18H,3-4,9-11H2,1-2H3,(H2,15,16). The topological polar surface area (TPSA) is 71.1 Å². The first-order valence-electron chi connectivity index (χ1n) is 6.58. The van der Waals surface area contributed by atoms with Crippen LogP contribution in [0.3, 0.4) is 0 Å². The predicted molar refractivity (Wildman–Crippen MR) is 76.4 cm³/mol. The monoisotopic (exact) mass is 265 g/mol. The Morgan fingerprint density at radius 1 is 1.32 bits per heavy atom. The zero-order chi connectivity index (χ0) is 14.1. The molecule has 5 nitrogen and oxygen atoms in total. The maximum atomic E-state index is 8.60. The van der Waals surface area contributed by atoms with Gasteiger partial charge in [0.15, 0.2) is 5.84 Å². The molecule has 0 amide bonds. The number of hydrogen-bond donors (Lipinski definition) is 2. The Morgan fingerprint density at radius 3 is 2.53 bits per heavy atom. The van der Waals surface area contributed by atoms with Crippen molar-refractivity contribution in [1.29, 1.82) is 0 Å². The summed E-state index contributed by atoms with van der Waals surface area (Å²) in [6.07, 6.45) is 0. The first kappa shape index (κ1) is 15.5. The number of benzene rings is 1. The summed E-state index contributed by atoms with van der Waals surface area (Å²) in [6, 6.07) is 7.72. The maximum Gasteiger partial charge on any atom is 0.170 e. The molecular formula is C14H23N3O2. The molecule has 0 aliphatic rings. The zero-order valence-electron chi connectivity index (χ0n) is 11.7. The van der Waals surface area contributed by atoms with E-state index in [2.05, 4.69) is 17.0 Å². The van der Waals surface area contributed by atoms with Crippen molar-refractivity contribution in [3.63, 3.8) is 0 Å². The molecule has 0 spiro atoms. The van der Waals surface area contributed by atoms with Crippen LogP contribution in [0.15, 0.2) is 29.4 Å². The van der Waals surface area contributed by atoms with E-state index in [1.165, 1.54) is 5.56 Å². The van der Waals surface area contributed by atoms with E-state index < -0.39 is 0 Å². The number of nitrogens with two attached hydrogens (primary N) is 1. The van der Waals surface area contributed by atoms with Gasteiger partial charge in [0.05, 0.1) is 6.61 Å². The van der Waals surface area contributed by atoms with E-state index in [1.807, 2.05) is 31.2 Å². The van der Waals surface area contributed by atoms with Crippen molar-refractivity contribution in [3.05, 3.63) is 35.4 Å². The Labute approximate surface area is 114 Å². The molecule has 1 rings (SSSR count). The number of amidine groups is 1. The van der Waals surface area contributed by atoms with E-state index in [4.69, 9.17) is 15.7 Å². The lowest BCUT2D eigenvalue weighted by Crippen LogP contribution is -2.27. The molecule has 0 atom stereocenters. The summed E-state index contributed by atoms with van der Waals surface area (Å²) in [5, 5.41) is 11.6. The number of ether oxygens (including phenoxy) is 1. The van der Waals surface area contributed by atoms with Crippen molar-refractivity contribution in [1.82, 2.24) is 4.90 Å². The van der Waals surface area contributed by atoms with E-state index in [1.54, 1.807) is 0 Å². The van der Waals surface area contributed by atoms with Crippen LogP contribution in [0, 0.1) is 0 Å². The Bertz CT molecular complexity index is 390. The van der Waals surface area contributed by atoms with Crippen molar-refractivity contribution in [3.8, 4) is 0 Å². The smallest absolute Gasteiger partial charge is 0.170 e. The van der Waals surface area contributed by atoms with Crippen molar-refractivity contribution < 1.29 is 9.94 Å². The van der Waals surface area contributed by atoms with E-state index >= 15 is 0 Å². The average molecular weight is 265 g/mol. The Kier molecular flexibility index (Phi) is 6.92. The minimum absolute atomic E-state index is 0.134. The van der Waals surface area contributed by atoms with Crippen molar-refractivity contribution in [2.24, 2.45) is 10.9 Å². The number of hydrogen-bond acceptors (Lipinski definition) is 4. The van der Waals surface area contributed by atoms with Crippen LogP contribution in [-0.2, 0) is 11.3 Å².